The molecule has 2 aromatic carbocycles. The Morgan fingerprint density at radius 3 is 2.52 bits per heavy atom. The summed E-state index contributed by atoms with van der Waals surface area (Å²) in [4.78, 5) is 31.0. The highest BCUT2D eigenvalue weighted by Crippen LogP contribution is 2.28. The van der Waals surface area contributed by atoms with Crippen LogP contribution in [0.3, 0.4) is 0 Å². The van der Waals surface area contributed by atoms with E-state index in [2.05, 4.69) is 10.5 Å². The Balaban J connectivity index is 1.63. The predicted molar refractivity (Wildman–Crippen MR) is 106 cm³/mol. The molecular weight excluding hydrogens is 342 g/mol. The monoisotopic (exact) mass is 365 g/mol. The third-order valence-corrected chi connectivity index (χ3v) is 4.47. The number of nitrogens with one attached hydrogen (secondary N) is 1. The third-order valence-electron chi connectivity index (χ3n) is 4.47. The zero-order valence-corrected chi connectivity index (χ0v) is 15.7. The highest BCUT2D eigenvalue weighted by atomic mass is 16.6. The van der Waals surface area contributed by atoms with Crippen LogP contribution in [0.5, 0.6) is 0 Å². The highest BCUT2D eigenvalue weighted by molar-refractivity contribution is 6.00. The van der Waals surface area contributed by atoms with Gasteiger partial charge >= 0.3 is 0 Å². The quantitative estimate of drug-likeness (QED) is 0.652. The highest BCUT2D eigenvalue weighted by Gasteiger charge is 2.28. The summed E-state index contributed by atoms with van der Waals surface area (Å²) < 4.78 is 0. The van der Waals surface area contributed by atoms with Crippen molar-refractivity contribution < 1.29 is 14.4 Å². The van der Waals surface area contributed by atoms with E-state index >= 15 is 0 Å². The number of amides is 2. The van der Waals surface area contributed by atoms with E-state index in [0.29, 0.717) is 12.3 Å². The van der Waals surface area contributed by atoms with Crippen molar-refractivity contribution in [3.63, 3.8) is 0 Å². The molecule has 0 aromatic heterocycles. The van der Waals surface area contributed by atoms with Gasteiger partial charge in [0.15, 0.2) is 0 Å². The summed E-state index contributed by atoms with van der Waals surface area (Å²) in [5.74, 6) is -0.218. The average molecular weight is 365 g/mol. The van der Waals surface area contributed by atoms with Crippen molar-refractivity contribution in [2.24, 2.45) is 5.16 Å². The lowest BCUT2D eigenvalue weighted by molar-refractivity contribution is -0.128. The Bertz CT molecular complexity index is 874. The Labute approximate surface area is 158 Å². The first kappa shape index (κ1) is 18.6. The molecule has 0 saturated carbocycles. The minimum absolute atomic E-state index is 0.0995. The lowest BCUT2D eigenvalue weighted by atomic mass is 10.1. The standard InChI is InChI=1S/C21H23N3O3/c1-14(17-8-10-19(11-9-17)22-16(3)25)23-27-15(2)21(26)24-13-12-18-6-4-5-7-20(18)24/h4-11,15H,12-13H2,1-3H3,(H,22,25)/b23-14+. The van der Waals surface area contributed by atoms with E-state index in [4.69, 9.17) is 4.84 Å². The molecule has 1 aliphatic heterocycles. The molecule has 3 rings (SSSR count). The number of hydrogen-bond donors (Lipinski definition) is 1. The summed E-state index contributed by atoms with van der Waals surface area (Å²) in [6, 6.07) is 15.2. The first-order chi connectivity index (χ1) is 13.0. The summed E-state index contributed by atoms with van der Waals surface area (Å²) in [5.41, 5.74) is 4.36. The number of rotatable bonds is 5. The maximum atomic E-state index is 12.7. The Hall–Kier alpha value is -3.15. The van der Waals surface area contributed by atoms with Crippen LogP contribution in [0.25, 0.3) is 0 Å². The lowest BCUT2D eigenvalue weighted by Crippen LogP contribution is -2.37. The van der Waals surface area contributed by atoms with Crippen molar-refractivity contribution in [3.8, 4) is 0 Å². The van der Waals surface area contributed by atoms with E-state index < -0.39 is 6.10 Å². The zero-order valence-electron chi connectivity index (χ0n) is 15.7. The fourth-order valence-electron chi connectivity index (χ4n) is 3.04. The molecule has 2 amide bonds. The molecule has 1 heterocycles. The number of nitrogens with zero attached hydrogens (tertiary/aromatic N) is 2. The second-order valence-corrected chi connectivity index (χ2v) is 6.55. The first-order valence-corrected chi connectivity index (χ1v) is 8.93. The average Bonchev–Trinajstić information content (AvgIpc) is 3.09. The molecule has 0 radical (unpaired) electrons. The van der Waals surface area contributed by atoms with Gasteiger partial charge in [-0.2, -0.15) is 0 Å². The number of oxime groups is 1. The smallest absolute Gasteiger partial charge is 0.270 e. The molecule has 1 atom stereocenters. The molecule has 0 spiro atoms. The molecule has 27 heavy (non-hydrogen) atoms. The van der Waals surface area contributed by atoms with E-state index in [1.165, 1.54) is 12.5 Å². The minimum atomic E-state index is -0.676. The summed E-state index contributed by atoms with van der Waals surface area (Å²) in [5, 5.41) is 6.83. The molecule has 0 fully saturated rings. The number of hydrogen-bond acceptors (Lipinski definition) is 4. The summed E-state index contributed by atoms with van der Waals surface area (Å²) in [6.45, 7) is 5.65. The predicted octanol–water partition coefficient (Wildman–Crippen LogP) is 3.36. The van der Waals surface area contributed by atoms with Gasteiger partial charge in [-0.3, -0.25) is 9.59 Å². The SMILES string of the molecule is CC(=O)Nc1ccc(/C(C)=N/OC(C)C(=O)N2CCc3ccccc32)cc1. The van der Waals surface area contributed by atoms with Gasteiger partial charge in [-0.25, -0.2) is 0 Å². The number of carbonyl (C=O) groups is 2. The zero-order chi connectivity index (χ0) is 19.4. The molecule has 0 aliphatic carbocycles. The molecule has 140 valence electrons. The molecule has 1 unspecified atom stereocenters. The van der Waals surface area contributed by atoms with Gasteiger partial charge in [0.1, 0.15) is 0 Å². The van der Waals surface area contributed by atoms with Crippen molar-refractivity contribution >= 4 is 28.9 Å². The minimum Gasteiger partial charge on any atom is -0.382 e. The van der Waals surface area contributed by atoms with E-state index in [1.807, 2.05) is 43.3 Å². The van der Waals surface area contributed by atoms with Gasteiger partial charge in [0.05, 0.1) is 5.71 Å². The van der Waals surface area contributed by atoms with Gasteiger partial charge in [0, 0.05) is 24.8 Å². The van der Waals surface area contributed by atoms with Crippen LogP contribution in [0, 0.1) is 0 Å². The van der Waals surface area contributed by atoms with Crippen LogP contribution in [0.15, 0.2) is 53.7 Å². The normalized spacial score (nSPS) is 14.5. The van der Waals surface area contributed by atoms with Crippen molar-refractivity contribution in [2.45, 2.75) is 33.3 Å². The van der Waals surface area contributed by atoms with Gasteiger partial charge in [0.25, 0.3) is 5.91 Å². The summed E-state index contributed by atoms with van der Waals surface area (Å²) in [7, 11) is 0. The number of anilines is 2. The second-order valence-electron chi connectivity index (χ2n) is 6.55. The van der Waals surface area contributed by atoms with E-state index in [0.717, 1.165) is 23.4 Å². The number of fused-ring (bicyclic) bond motifs is 1. The molecule has 6 heteroatoms. The van der Waals surface area contributed by atoms with Gasteiger partial charge in [0.2, 0.25) is 12.0 Å². The van der Waals surface area contributed by atoms with Crippen LogP contribution in [0.4, 0.5) is 11.4 Å². The summed E-state index contributed by atoms with van der Waals surface area (Å²) >= 11 is 0. The van der Waals surface area contributed by atoms with Crippen LogP contribution in [-0.4, -0.2) is 30.2 Å². The fourth-order valence-corrected chi connectivity index (χ4v) is 3.04. The maximum absolute atomic E-state index is 12.7. The Morgan fingerprint density at radius 2 is 1.81 bits per heavy atom. The van der Waals surface area contributed by atoms with E-state index in [1.54, 1.807) is 24.0 Å². The van der Waals surface area contributed by atoms with Crippen LogP contribution < -0.4 is 10.2 Å². The fraction of sp³-hybridized carbons (Fsp3) is 0.286. The molecule has 0 saturated heterocycles. The second kappa shape index (κ2) is 8.03. The largest absolute Gasteiger partial charge is 0.382 e. The van der Waals surface area contributed by atoms with Crippen LogP contribution in [0.2, 0.25) is 0 Å². The Kier molecular flexibility index (Phi) is 5.54. The maximum Gasteiger partial charge on any atom is 0.270 e. The molecule has 1 N–H and O–H groups in total. The topological polar surface area (TPSA) is 71.0 Å². The van der Waals surface area contributed by atoms with Crippen molar-refractivity contribution in [1.29, 1.82) is 0 Å². The molecular formula is C21H23N3O3. The molecule has 2 aromatic rings. The lowest BCUT2D eigenvalue weighted by Gasteiger charge is -2.20. The van der Waals surface area contributed by atoms with Gasteiger partial charge in [-0.05, 0) is 49.6 Å². The van der Waals surface area contributed by atoms with Crippen LogP contribution >= 0.6 is 0 Å². The number of carbonyl (C=O) groups excluding carboxylic acids is 2. The van der Waals surface area contributed by atoms with Gasteiger partial charge in [-0.15, -0.1) is 0 Å². The van der Waals surface area contributed by atoms with Crippen molar-refractivity contribution in [1.82, 2.24) is 0 Å². The van der Waals surface area contributed by atoms with Crippen LogP contribution in [-0.2, 0) is 20.8 Å². The Morgan fingerprint density at radius 1 is 1.11 bits per heavy atom. The van der Waals surface area contributed by atoms with Crippen molar-refractivity contribution in [3.05, 3.63) is 59.7 Å². The molecule has 1 aliphatic rings. The third kappa shape index (κ3) is 4.34. The van der Waals surface area contributed by atoms with Gasteiger partial charge < -0.3 is 15.1 Å². The van der Waals surface area contributed by atoms with E-state index in [9.17, 15) is 9.59 Å². The van der Waals surface area contributed by atoms with Crippen molar-refractivity contribution in [2.75, 3.05) is 16.8 Å². The number of benzene rings is 2. The van der Waals surface area contributed by atoms with Gasteiger partial charge in [-0.1, -0.05) is 35.5 Å². The van der Waals surface area contributed by atoms with Crippen LogP contribution in [0.1, 0.15) is 31.9 Å². The first-order valence-electron chi connectivity index (χ1n) is 8.93. The molecule has 0 bridgehead atoms. The van der Waals surface area contributed by atoms with E-state index in [-0.39, 0.29) is 11.8 Å². The number of para-hydroxylation sites is 1. The molecule has 6 nitrogen and oxygen atoms in total. The summed E-state index contributed by atoms with van der Waals surface area (Å²) in [6.07, 6.45) is 0.183.